The maximum absolute atomic E-state index is 11.9. The topological polar surface area (TPSA) is 9.23 Å². The Balaban J connectivity index is 2.00. The van der Waals surface area contributed by atoms with Crippen molar-refractivity contribution in [1.29, 1.82) is 0 Å². The fourth-order valence-electron chi connectivity index (χ4n) is 1.77. The largest absolute Gasteiger partial charge is 0.467 e. The highest BCUT2D eigenvalue weighted by Gasteiger charge is 2.29. The van der Waals surface area contributed by atoms with Crippen LogP contribution in [0.5, 0.6) is 0 Å². The summed E-state index contributed by atoms with van der Waals surface area (Å²) in [6.45, 7) is 0.0399. The maximum atomic E-state index is 11.9. The van der Waals surface area contributed by atoms with Crippen molar-refractivity contribution in [3.05, 3.63) is 48.0 Å². The summed E-state index contributed by atoms with van der Waals surface area (Å²) in [6.07, 6.45) is 0.463. The van der Waals surface area contributed by atoms with Crippen LogP contribution < -0.4 is 0 Å². The first kappa shape index (κ1) is 13.2. The lowest BCUT2D eigenvalue weighted by atomic mass is 10.0. The van der Waals surface area contributed by atoms with Gasteiger partial charge in [-0.2, -0.15) is 13.2 Å². The quantitative estimate of drug-likeness (QED) is 0.595. The van der Waals surface area contributed by atoms with Crippen LogP contribution >= 0.6 is 12.0 Å². The molecule has 0 radical (unpaired) electrons. The Morgan fingerprint density at radius 3 is 2.50 bits per heavy atom. The minimum atomic E-state index is -4.33. The van der Waals surface area contributed by atoms with Gasteiger partial charge in [0.1, 0.15) is 12.0 Å². The van der Waals surface area contributed by atoms with Gasteiger partial charge in [0, 0.05) is 0 Å². The molecule has 0 fully saturated rings. The Morgan fingerprint density at radius 2 is 1.72 bits per heavy atom. The zero-order valence-electron chi connectivity index (χ0n) is 9.41. The van der Waals surface area contributed by atoms with E-state index in [-0.39, 0.29) is 6.61 Å². The van der Waals surface area contributed by atoms with Gasteiger partial charge in [0.25, 0.3) is 0 Å². The molecule has 0 heterocycles. The van der Waals surface area contributed by atoms with Crippen LogP contribution in [0.25, 0.3) is 10.8 Å². The number of fused-ring (bicyclic) bond motifs is 1. The molecule has 1 nitrogen and oxygen atoms in total. The normalized spacial score (nSPS) is 11.9. The van der Waals surface area contributed by atoms with Gasteiger partial charge in [-0.3, -0.25) is 0 Å². The van der Waals surface area contributed by atoms with E-state index in [9.17, 15) is 13.2 Å². The Labute approximate surface area is 107 Å². The molecular formula is C13H11F3OS. The molecule has 0 saturated heterocycles. The highest BCUT2D eigenvalue weighted by atomic mass is 32.2. The number of hydrogen-bond acceptors (Lipinski definition) is 2. The second-order valence-corrected chi connectivity index (χ2v) is 4.60. The van der Waals surface area contributed by atoms with Crippen LogP contribution in [0.4, 0.5) is 13.2 Å². The maximum Gasteiger partial charge on any atom is 0.467 e. The van der Waals surface area contributed by atoms with Crippen molar-refractivity contribution in [3.8, 4) is 0 Å². The second kappa shape index (κ2) is 5.63. The van der Waals surface area contributed by atoms with E-state index in [1.54, 1.807) is 0 Å². The number of rotatable bonds is 4. The van der Waals surface area contributed by atoms with E-state index in [1.807, 2.05) is 42.5 Å². The predicted molar refractivity (Wildman–Crippen MR) is 67.3 cm³/mol. The van der Waals surface area contributed by atoms with Gasteiger partial charge in [0.15, 0.2) is 0 Å². The van der Waals surface area contributed by atoms with E-state index in [4.69, 9.17) is 0 Å². The third-order valence-corrected chi connectivity index (χ3v) is 2.96. The summed E-state index contributed by atoms with van der Waals surface area (Å²) in [5, 5.41) is 2.14. The van der Waals surface area contributed by atoms with Crippen molar-refractivity contribution in [2.24, 2.45) is 0 Å². The summed E-state index contributed by atoms with van der Waals surface area (Å²) in [5.74, 6) is 0. The second-order valence-electron chi connectivity index (χ2n) is 3.74. The van der Waals surface area contributed by atoms with Gasteiger partial charge in [-0.05, 0) is 22.8 Å². The van der Waals surface area contributed by atoms with Crippen molar-refractivity contribution in [2.75, 3.05) is 6.61 Å². The van der Waals surface area contributed by atoms with Gasteiger partial charge in [-0.15, -0.1) is 0 Å². The lowest BCUT2D eigenvalue weighted by molar-refractivity contribution is -0.0396. The number of hydrogen-bond donors (Lipinski definition) is 0. The Hall–Kier alpha value is -1.20. The fourth-order valence-corrected chi connectivity index (χ4v) is 2.07. The molecule has 2 aromatic rings. The third-order valence-electron chi connectivity index (χ3n) is 2.49. The molecule has 2 rings (SSSR count). The summed E-state index contributed by atoms with van der Waals surface area (Å²) < 4.78 is 40.2. The molecule has 0 saturated carbocycles. The third kappa shape index (κ3) is 3.65. The van der Waals surface area contributed by atoms with Gasteiger partial charge in [-0.25, -0.2) is 0 Å². The minimum absolute atomic E-state index is 0.0399. The number of halogens is 3. The monoisotopic (exact) mass is 272 g/mol. The van der Waals surface area contributed by atoms with Gasteiger partial charge in [0.05, 0.1) is 6.61 Å². The van der Waals surface area contributed by atoms with E-state index < -0.39 is 17.6 Å². The summed E-state index contributed by atoms with van der Waals surface area (Å²) in [6, 6.07) is 13.6. The SMILES string of the molecule is FC(F)(F)SOCCc1cccc2ccccc12. The van der Waals surface area contributed by atoms with Crippen LogP contribution in [-0.2, 0) is 10.6 Å². The van der Waals surface area contributed by atoms with Gasteiger partial charge in [-0.1, -0.05) is 42.5 Å². The van der Waals surface area contributed by atoms with E-state index >= 15 is 0 Å². The van der Waals surface area contributed by atoms with E-state index in [0.29, 0.717) is 6.42 Å². The molecule has 0 unspecified atom stereocenters. The Kier molecular flexibility index (Phi) is 4.14. The standard InChI is InChI=1S/C13H11F3OS/c14-13(15,16)18-17-9-8-11-6-3-5-10-4-1-2-7-12(10)11/h1-7H,8-9H2. The Bertz CT molecular complexity index is 520. The molecule has 5 heteroatoms. The number of benzene rings is 2. The van der Waals surface area contributed by atoms with Crippen LogP contribution in [0.15, 0.2) is 42.5 Å². The molecule has 0 aliphatic carbocycles. The highest BCUT2D eigenvalue weighted by molar-refractivity contribution is 7.95. The molecular weight excluding hydrogens is 261 g/mol. The molecule has 0 bridgehead atoms. The van der Waals surface area contributed by atoms with E-state index in [0.717, 1.165) is 16.3 Å². The molecule has 2 aromatic carbocycles. The van der Waals surface area contributed by atoms with Crippen LogP contribution in [0, 0.1) is 0 Å². The summed E-state index contributed by atoms with van der Waals surface area (Å²) in [5.41, 5.74) is -3.34. The molecule has 96 valence electrons. The first-order chi connectivity index (χ1) is 8.56. The van der Waals surface area contributed by atoms with Gasteiger partial charge in [0.2, 0.25) is 0 Å². The van der Waals surface area contributed by atoms with Crippen molar-refractivity contribution in [2.45, 2.75) is 11.9 Å². The van der Waals surface area contributed by atoms with Gasteiger partial charge < -0.3 is 4.18 Å². The van der Waals surface area contributed by atoms with E-state index in [2.05, 4.69) is 4.18 Å². The van der Waals surface area contributed by atoms with Crippen LogP contribution in [0.3, 0.4) is 0 Å². The van der Waals surface area contributed by atoms with Crippen LogP contribution in [0.2, 0.25) is 0 Å². The lowest BCUT2D eigenvalue weighted by Crippen LogP contribution is -2.03. The first-order valence-electron chi connectivity index (χ1n) is 5.40. The molecule has 0 spiro atoms. The molecule has 0 atom stereocenters. The summed E-state index contributed by atoms with van der Waals surface area (Å²) in [7, 11) is 0. The zero-order valence-corrected chi connectivity index (χ0v) is 10.2. The first-order valence-corrected chi connectivity index (χ1v) is 6.14. The van der Waals surface area contributed by atoms with E-state index in [1.165, 1.54) is 0 Å². The summed E-state index contributed by atoms with van der Waals surface area (Å²) in [4.78, 5) is 0. The molecule has 0 aromatic heterocycles. The lowest BCUT2D eigenvalue weighted by Gasteiger charge is -2.08. The van der Waals surface area contributed by atoms with Crippen molar-refractivity contribution < 1.29 is 17.4 Å². The van der Waals surface area contributed by atoms with Crippen LogP contribution in [-0.4, -0.2) is 12.1 Å². The van der Waals surface area contributed by atoms with Crippen molar-refractivity contribution in [3.63, 3.8) is 0 Å². The molecule has 0 amide bonds. The molecule has 0 N–H and O–H groups in total. The minimum Gasteiger partial charge on any atom is -0.308 e. The average Bonchev–Trinajstić information content (AvgIpc) is 2.33. The van der Waals surface area contributed by atoms with Gasteiger partial charge >= 0.3 is 5.51 Å². The Morgan fingerprint density at radius 1 is 1.00 bits per heavy atom. The van der Waals surface area contributed by atoms with Crippen LogP contribution in [0.1, 0.15) is 5.56 Å². The smallest absolute Gasteiger partial charge is 0.308 e. The molecule has 0 aliphatic heterocycles. The predicted octanol–water partition coefficient (Wildman–Crippen LogP) is 4.57. The zero-order chi connectivity index (χ0) is 13.0. The van der Waals surface area contributed by atoms with Crippen molar-refractivity contribution in [1.82, 2.24) is 0 Å². The molecule has 0 aliphatic rings. The average molecular weight is 272 g/mol. The fraction of sp³-hybridized carbons (Fsp3) is 0.231. The molecule has 18 heavy (non-hydrogen) atoms. The summed E-state index contributed by atoms with van der Waals surface area (Å²) >= 11 is -0.442. The highest BCUT2D eigenvalue weighted by Crippen LogP contribution is 2.31. The van der Waals surface area contributed by atoms with Crippen molar-refractivity contribution >= 4 is 22.8 Å². The number of alkyl halides is 3.